The third-order valence-electron chi connectivity index (χ3n) is 2.67. The second-order valence-corrected chi connectivity index (χ2v) is 5.74. The van der Waals surface area contributed by atoms with Gasteiger partial charge in [-0.3, -0.25) is 4.79 Å². The first-order valence-electron chi connectivity index (χ1n) is 6.20. The van der Waals surface area contributed by atoms with E-state index in [4.69, 9.17) is 22.1 Å². The summed E-state index contributed by atoms with van der Waals surface area (Å²) in [5, 5.41) is 3.45. The largest absolute Gasteiger partial charge is 0.494 e. The fraction of sp³-hybridized carbons (Fsp3) is 0.133. The van der Waals surface area contributed by atoms with Crippen molar-refractivity contribution < 1.29 is 9.53 Å². The molecule has 21 heavy (non-hydrogen) atoms. The van der Waals surface area contributed by atoms with Crippen LogP contribution in [0.15, 0.2) is 47.4 Å². The van der Waals surface area contributed by atoms with E-state index in [1.54, 1.807) is 24.3 Å². The standard InChI is InChI=1S/C15H15ClN2O2S/c1-20-14-8-11(17)5-6-13(14)18-15(19)9-21-12-4-2-3-10(16)7-12/h2-8H,9,17H2,1H3,(H,18,19). The van der Waals surface area contributed by atoms with Gasteiger partial charge in [-0.15, -0.1) is 11.8 Å². The molecule has 110 valence electrons. The zero-order chi connectivity index (χ0) is 15.2. The van der Waals surface area contributed by atoms with E-state index in [-0.39, 0.29) is 11.7 Å². The topological polar surface area (TPSA) is 64.3 Å². The Bertz CT molecular complexity index is 649. The highest BCUT2D eigenvalue weighted by Gasteiger charge is 2.08. The number of amides is 1. The van der Waals surface area contributed by atoms with E-state index in [0.717, 1.165) is 4.90 Å². The third-order valence-corrected chi connectivity index (χ3v) is 3.89. The fourth-order valence-electron chi connectivity index (χ4n) is 1.70. The van der Waals surface area contributed by atoms with Crippen LogP contribution in [0.1, 0.15) is 0 Å². The second kappa shape index (κ2) is 7.24. The van der Waals surface area contributed by atoms with Gasteiger partial charge in [0.25, 0.3) is 0 Å². The van der Waals surface area contributed by atoms with Gasteiger partial charge in [-0.2, -0.15) is 0 Å². The summed E-state index contributed by atoms with van der Waals surface area (Å²) in [7, 11) is 1.53. The second-order valence-electron chi connectivity index (χ2n) is 4.25. The van der Waals surface area contributed by atoms with Crippen molar-refractivity contribution in [1.29, 1.82) is 0 Å². The van der Waals surface area contributed by atoms with Crippen molar-refractivity contribution in [3.63, 3.8) is 0 Å². The fourth-order valence-corrected chi connectivity index (χ4v) is 2.71. The minimum absolute atomic E-state index is 0.122. The van der Waals surface area contributed by atoms with E-state index in [9.17, 15) is 4.79 Å². The van der Waals surface area contributed by atoms with Gasteiger partial charge in [0.05, 0.1) is 18.6 Å². The predicted molar refractivity (Wildman–Crippen MR) is 88.2 cm³/mol. The molecule has 0 heterocycles. The Balaban J connectivity index is 1.96. The van der Waals surface area contributed by atoms with Crippen LogP contribution in [0.2, 0.25) is 5.02 Å². The van der Waals surface area contributed by atoms with Gasteiger partial charge < -0.3 is 15.8 Å². The van der Waals surface area contributed by atoms with Crippen LogP contribution in [0.5, 0.6) is 5.75 Å². The normalized spacial score (nSPS) is 10.2. The SMILES string of the molecule is COc1cc(N)ccc1NC(=O)CSc1cccc(Cl)c1. The molecule has 2 aromatic rings. The molecular weight excluding hydrogens is 308 g/mol. The third kappa shape index (κ3) is 4.58. The van der Waals surface area contributed by atoms with Gasteiger partial charge in [-0.05, 0) is 30.3 Å². The van der Waals surface area contributed by atoms with Gasteiger partial charge in [0, 0.05) is 21.7 Å². The molecule has 1 amide bonds. The van der Waals surface area contributed by atoms with Crippen LogP contribution in [-0.2, 0) is 4.79 Å². The molecule has 0 aliphatic heterocycles. The van der Waals surface area contributed by atoms with E-state index in [1.165, 1.54) is 18.9 Å². The van der Waals surface area contributed by atoms with Crippen molar-refractivity contribution in [2.24, 2.45) is 0 Å². The molecule has 0 bridgehead atoms. The number of hydrogen-bond acceptors (Lipinski definition) is 4. The van der Waals surface area contributed by atoms with Crippen LogP contribution in [0.4, 0.5) is 11.4 Å². The summed E-state index contributed by atoms with van der Waals surface area (Å²) >= 11 is 7.32. The number of halogens is 1. The monoisotopic (exact) mass is 322 g/mol. The molecule has 0 aliphatic rings. The van der Waals surface area contributed by atoms with E-state index in [2.05, 4.69) is 5.32 Å². The first-order chi connectivity index (χ1) is 10.1. The molecule has 0 spiro atoms. The Morgan fingerprint density at radius 1 is 1.33 bits per heavy atom. The number of nitrogen functional groups attached to an aromatic ring is 1. The van der Waals surface area contributed by atoms with E-state index in [1.807, 2.05) is 18.2 Å². The maximum atomic E-state index is 12.0. The number of carbonyl (C=O) groups is 1. The smallest absolute Gasteiger partial charge is 0.234 e. The van der Waals surface area contributed by atoms with E-state index in [0.29, 0.717) is 22.1 Å². The highest BCUT2D eigenvalue weighted by molar-refractivity contribution is 8.00. The lowest BCUT2D eigenvalue weighted by molar-refractivity contribution is -0.113. The van der Waals surface area contributed by atoms with Crippen molar-refractivity contribution in [2.75, 3.05) is 23.9 Å². The van der Waals surface area contributed by atoms with Crippen LogP contribution in [0.25, 0.3) is 0 Å². The Morgan fingerprint density at radius 2 is 2.14 bits per heavy atom. The number of benzene rings is 2. The van der Waals surface area contributed by atoms with Gasteiger partial charge in [0.15, 0.2) is 0 Å². The summed E-state index contributed by atoms with van der Waals surface area (Å²) < 4.78 is 5.19. The van der Waals surface area contributed by atoms with E-state index >= 15 is 0 Å². The molecule has 0 atom stereocenters. The summed E-state index contributed by atoms with van der Waals surface area (Å²) in [5.74, 6) is 0.701. The van der Waals surface area contributed by atoms with E-state index < -0.39 is 0 Å². The van der Waals surface area contributed by atoms with Crippen molar-refractivity contribution >= 4 is 40.6 Å². The van der Waals surface area contributed by atoms with Gasteiger partial charge in [-0.25, -0.2) is 0 Å². The summed E-state index contributed by atoms with van der Waals surface area (Å²) in [4.78, 5) is 12.9. The Hall–Kier alpha value is -1.85. The van der Waals surface area contributed by atoms with Crippen molar-refractivity contribution in [1.82, 2.24) is 0 Å². The quantitative estimate of drug-likeness (QED) is 0.651. The number of nitrogens with two attached hydrogens (primary N) is 1. The summed E-state index contributed by atoms with van der Waals surface area (Å²) in [6, 6.07) is 12.5. The summed E-state index contributed by atoms with van der Waals surface area (Å²) in [6.45, 7) is 0. The molecule has 0 radical (unpaired) electrons. The number of nitrogens with one attached hydrogen (secondary N) is 1. The zero-order valence-corrected chi connectivity index (χ0v) is 13.0. The Kier molecular flexibility index (Phi) is 5.36. The molecule has 0 aromatic heterocycles. The molecule has 0 saturated carbocycles. The lowest BCUT2D eigenvalue weighted by Gasteiger charge is -2.10. The number of thioether (sulfide) groups is 1. The average Bonchev–Trinajstić information content (AvgIpc) is 2.47. The lowest BCUT2D eigenvalue weighted by Crippen LogP contribution is -2.14. The first-order valence-corrected chi connectivity index (χ1v) is 7.56. The maximum absolute atomic E-state index is 12.0. The molecule has 3 N–H and O–H groups in total. The molecule has 0 saturated heterocycles. The van der Waals surface area contributed by atoms with Gasteiger partial charge in [-0.1, -0.05) is 17.7 Å². The van der Waals surface area contributed by atoms with Crippen molar-refractivity contribution in [3.8, 4) is 5.75 Å². The van der Waals surface area contributed by atoms with Crippen molar-refractivity contribution in [2.45, 2.75) is 4.90 Å². The average molecular weight is 323 g/mol. The van der Waals surface area contributed by atoms with Crippen LogP contribution < -0.4 is 15.8 Å². The molecule has 2 rings (SSSR count). The minimum Gasteiger partial charge on any atom is -0.494 e. The van der Waals surface area contributed by atoms with Gasteiger partial charge in [0.2, 0.25) is 5.91 Å². The number of hydrogen-bond donors (Lipinski definition) is 2. The number of ether oxygens (including phenoxy) is 1. The molecule has 0 fully saturated rings. The predicted octanol–water partition coefficient (Wildman–Crippen LogP) is 3.66. The molecule has 2 aromatic carbocycles. The van der Waals surface area contributed by atoms with Crippen LogP contribution >= 0.6 is 23.4 Å². The highest BCUT2D eigenvalue weighted by Crippen LogP contribution is 2.27. The first kappa shape index (κ1) is 15.5. The van der Waals surface area contributed by atoms with Crippen LogP contribution in [-0.4, -0.2) is 18.8 Å². The molecule has 6 heteroatoms. The van der Waals surface area contributed by atoms with Crippen LogP contribution in [0, 0.1) is 0 Å². The summed E-state index contributed by atoms with van der Waals surface area (Å²) in [6.07, 6.45) is 0. The number of carbonyl (C=O) groups excluding carboxylic acids is 1. The van der Waals surface area contributed by atoms with Crippen LogP contribution in [0.3, 0.4) is 0 Å². The van der Waals surface area contributed by atoms with Gasteiger partial charge in [0.1, 0.15) is 5.75 Å². The zero-order valence-electron chi connectivity index (χ0n) is 11.4. The molecule has 0 aliphatic carbocycles. The van der Waals surface area contributed by atoms with Gasteiger partial charge >= 0.3 is 0 Å². The molecule has 0 unspecified atom stereocenters. The minimum atomic E-state index is -0.122. The number of methoxy groups -OCH3 is 1. The molecule has 4 nitrogen and oxygen atoms in total. The number of rotatable bonds is 5. The highest BCUT2D eigenvalue weighted by atomic mass is 35.5. The van der Waals surface area contributed by atoms with Crippen molar-refractivity contribution in [3.05, 3.63) is 47.5 Å². The summed E-state index contributed by atoms with van der Waals surface area (Å²) in [5.41, 5.74) is 6.86. The molecular formula is C15H15ClN2O2S. The number of anilines is 2. The Labute approximate surface area is 132 Å². The lowest BCUT2D eigenvalue weighted by atomic mass is 10.2. The Morgan fingerprint density at radius 3 is 2.86 bits per heavy atom. The maximum Gasteiger partial charge on any atom is 0.234 e.